The van der Waals surface area contributed by atoms with E-state index in [2.05, 4.69) is 301 Å². The average molecular weight is 929 g/mol. The highest BCUT2D eigenvalue weighted by Crippen LogP contribution is 2.57. The Kier molecular flexibility index (Phi) is 10.1. The summed E-state index contributed by atoms with van der Waals surface area (Å²) >= 11 is 0. The lowest BCUT2D eigenvalue weighted by Crippen LogP contribution is -2.28. The van der Waals surface area contributed by atoms with Crippen molar-refractivity contribution < 1.29 is 0 Å². The van der Waals surface area contributed by atoms with Crippen molar-refractivity contribution in [2.24, 2.45) is 0 Å². The molecule has 1 aromatic heterocycles. The van der Waals surface area contributed by atoms with E-state index in [1.165, 1.54) is 93.8 Å². The largest absolute Gasteiger partial charge is 0.310 e. The Morgan fingerprint density at radius 1 is 0.288 bits per heavy atom. The van der Waals surface area contributed by atoms with Crippen molar-refractivity contribution in [3.8, 4) is 50.2 Å². The van der Waals surface area contributed by atoms with Crippen molar-refractivity contribution in [3.05, 3.63) is 313 Å². The van der Waals surface area contributed by atoms with E-state index in [0.717, 1.165) is 28.3 Å². The molecule has 0 aliphatic heterocycles. The maximum Gasteiger partial charge on any atom is 0.0713 e. The zero-order chi connectivity index (χ0) is 48.3. The minimum atomic E-state index is -0.476. The maximum absolute atomic E-state index is 2.45. The van der Waals surface area contributed by atoms with Crippen LogP contribution in [0.2, 0.25) is 0 Å². The molecular formula is C71H48N2. The van der Waals surface area contributed by atoms with Gasteiger partial charge in [-0.15, -0.1) is 0 Å². The molecule has 0 spiro atoms. The second-order valence-corrected chi connectivity index (χ2v) is 19.2. The fourth-order valence-corrected chi connectivity index (χ4v) is 11.9. The summed E-state index contributed by atoms with van der Waals surface area (Å²) in [6, 6.07) is 107. The van der Waals surface area contributed by atoms with Gasteiger partial charge in [-0.2, -0.15) is 0 Å². The van der Waals surface area contributed by atoms with Gasteiger partial charge in [0, 0.05) is 38.9 Å². The summed E-state index contributed by atoms with van der Waals surface area (Å²) < 4.78 is 2.45. The summed E-state index contributed by atoms with van der Waals surface area (Å²) in [5, 5.41) is 4.99. The van der Waals surface area contributed by atoms with E-state index in [9.17, 15) is 0 Å². The first-order valence-electron chi connectivity index (χ1n) is 25.2. The van der Waals surface area contributed by atoms with Crippen LogP contribution < -0.4 is 4.90 Å². The van der Waals surface area contributed by atoms with E-state index >= 15 is 0 Å². The van der Waals surface area contributed by atoms with Crippen LogP contribution in [0.5, 0.6) is 0 Å². The summed E-state index contributed by atoms with van der Waals surface area (Å²) in [6.07, 6.45) is 0. The molecule has 0 saturated heterocycles. The summed E-state index contributed by atoms with van der Waals surface area (Å²) in [4.78, 5) is 2.42. The lowest BCUT2D eigenvalue weighted by Gasteiger charge is -2.34. The fraction of sp³-hybridized carbons (Fsp3) is 0.0141. The maximum atomic E-state index is 2.45. The third-order valence-corrected chi connectivity index (χ3v) is 15.3. The molecular weight excluding hydrogens is 881 g/mol. The molecule has 2 heteroatoms. The molecule has 0 saturated carbocycles. The minimum absolute atomic E-state index is 0.476. The van der Waals surface area contributed by atoms with Crippen molar-refractivity contribution >= 4 is 49.6 Å². The first-order chi connectivity index (χ1) is 36.2. The predicted octanol–water partition coefficient (Wildman–Crippen LogP) is 18.8. The van der Waals surface area contributed by atoms with Crippen LogP contribution in [-0.2, 0) is 5.41 Å². The van der Waals surface area contributed by atoms with E-state index in [0.29, 0.717) is 0 Å². The number of nitrogens with zero attached hydrogens (tertiary/aromatic N) is 2. The molecule has 12 aromatic carbocycles. The van der Waals surface area contributed by atoms with E-state index in [4.69, 9.17) is 0 Å². The second kappa shape index (κ2) is 17.4. The number of aromatic nitrogens is 1. The molecule has 0 unspecified atom stereocenters. The molecule has 0 amide bonds. The molecule has 2 nitrogen and oxygen atoms in total. The van der Waals surface area contributed by atoms with Crippen LogP contribution in [0.25, 0.3) is 82.8 Å². The number of rotatable bonds is 9. The van der Waals surface area contributed by atoms with Gasteiger partial charge in [0.1, 0.15) is 0 Å². The summed E-state index contributed by atoms with van der Waals surface area (Å²) in [7, 11) is 0. The highest BCUT2D eigenvalue weighted by atomic mass is 15.1. The SMILES string of the molecule is c1ccc(-c2cccc(-c3ccc(N(c4ccc(-c5ccc6c7ccc8ccccc8c7n(-c7ccccc7)c6c5)cc4)c4ccc5c(c4)-c4ccccc4C5(c4ccccc4)c4ccccc4)cc3)c2)cc1. The van der Waals surface area contributed by atoms with Gasteiger partial charge in [-0.05, 0) is 133 Å². The molecule has 342 valence electrons. The molecule has 0 radical (unpaired) electrons. The molecule has 13 aromatic rings. The molecule has 14 rings (SSSR count). The average Bonchev–Trinajstić information content (AvgIpc) is 3.98. The number of hydrogen-bond acceptors (Lipinski definition) is 1. The molecule has 0 N–H and O–H groups in total. The zero-order valence-corrected chi connectivity index (χ0v) is 40.1. The first-order valence-corrected chi connectivity index (χ1v) is 25.2. The highest BCUT2D eigenvalue weighted by molar-refractivity contribution is 6.19. The Balaban J connectivity index is 0.914. The Labute approximate surface area is 426 Å². The van der Waals surface area contributed by atoms with Gasteiger partial charge in [-0.25, -0.2) is 0 Å². The van der Waals surface area contributed by atoms with Crippen LogP contribution in [-0.4, -0.2) is 4.57 Å². The summed E-state index contributed by atoms with van der Waals surface area (Å²) in [5.41, 5.74) is 21.1. The third-order valence-electron chi connectivity index (χ3n) is 15.3. The first kappa shape index (κ1) is 42.4. The topological polar surface area (TPSA) is 8.17 Å². The van der Waals surface area contributed by atoms with Crippen molar-refractivity contribution in [2.45, 2.75) is 5.41 Å². The number of fused-ring (bicyclic) bond motifs is 8. The van der Waals surface area contributed by atoms with E-state index in [1.54, 1.807) is 0 Å². The zero-order valence-electron chi connectivity index (χ0n) is 40.1. The number of para-hydroxylation sites is 1. The molecule has 0 fully saturated rings. The van der Waals surface area contributed by atoms with Gasteiger partial charge in [-0.3, -0.25) is 0 Å². The molecule has 1 aliphatic carbocycles. The van der Waals surface area contributed by atoms with Crippen molar-refractivity contribution in [1.82, 2.24) is 4.57 Å². The quantitative estimate of drug-likeness (QED) is 0.140. The van der Waals surface area contributed by atoms with Gasteiger partial charge in [0.15, 0.2) is 0 Å². The molecule has 0 atom stereocenters. The lowest BCUT2D eigenvalue weighted by atomic mass is 9.68. The summed E-state index contributed by atoms with van der Waals surface area (Å²) in [6.45, 7) is 0. The fourth-order valence-electron chi connectivity index (χ4n) is 11.9. The van der Waals surface area contributed by atoms with Crippen LogP contribution in [0, 0.1) is 0 Å². The number of benzene rings is 12. The number of hydrogen-bond donors (Lipinski definition) is 0. The number of anilines is 3. The normalized spacial score (nSPS) is 12.5. The van der Waals surface area contributed by atoms with E-state index in [1.807, 2.05) is 0 Å². The highest BCUT2D eigenvalue weighted by Gasteiger charge is 2.46. The second-order valence-electron chi connectivity index (χ2n) is 19.2. The lowest BCUT2D eigenvalue weighted by molar-refractivity contribution is 0.768. The van der Waals surface area contributed by atoms with Gasteiger partial charge in [-0.1, -0.05) is 231 Å². The predicted molar refractivity (Wildman–Crippen MR) is 307 cm³/mol. The summed E-state index contributed by atoms with van der Waals surface area (Å²) in [5.74, 6) is 0. The molecule has 1 heterocycles. The Morgan fingerprint density at radius 2 is 0.781 bits per heavy atom. The van der Waals surface area contributed by atoms with Gasteiger partial charge in [0.2, 0.25) is 0 Å². The van der Waals surface area contributed by atoms with Gasteiger partial charge >= 0.3 is 0 Å². The Morgan fingerprint density at radius 3 is 1.45 bits per heavy atom. The van der Waals surface area contributed by atoms with Gasteiger partial charge < -0.3 is 9.47 Å². The van der Waals surface area contributed by atoms with Gasteiger partial charge in [0.05, 0.1) is 16.4 Å². The molecule has 0 bridgehead atoms. The Bertz CT molecular complexity index is 4120. The van der Waals surface area contributed by atoms with Crippen molar-refractivity contribution in [1.29, 1.82) is 0 Å². The van der Waals surface area contributed by atoms with E-state index in [-0.39, 0.29) is 0 Å². The Hall–Kier alpha value is -9.50. The molecule has 73 heavy (non-hydrogen) atoms. The van der Waals surface area contributed by atoms with Crippen LogP contribution in [0.3, 0.4) is 0 Å². The standard InChI is InChI=1S/C71H48N2/c1-5-18-49(19-6-1)53-21-17-22-54(46-53)50-32-38-59(39-33-50)72(61-42-45-68-66(48-61)63-30-15-16-31-67(63)71(68,56-23-7-2-8-24-56)57-25-9-3-10-26-57)60-40-34-51(35-41-60)55-37-43-64-65-44-36-52-20-13-14-29-62(52)70(65)73(69(64)47-55)58-27-11-4-12-28-58/h1-48H. The monoisotopic (exact) mass is 928 g/mol. The van der Waals surface area contributed by atoms with E-state index < -0.39 is 5.41 Å². The minimum Gasteiger partial charge on any atom is -0.310 e. The van der Waals surface area contributed by atoms with Crippen LogP contribution in [0.1, 0.15) is 22.3 Å². The van der Waals surface area contributed by atoms with Crippen LogP contribution in [0.15, 0.2) is 291 Å². The van der Waals surface area contributed by atoms with Crippen molar-refractivity contribution in [3.63, 3.8) is 0 Å². The smallest absolute Gasteiger partial charge is 0.0713 e. The van der Waals surface area contributed by atoms with Crippen molar-refractivity contribution in [2.75, 3.05) is 4.90 Å². The van der Waals surface area contributed by atoms with Crippen LogP contribution >= 0.6 is 0 Å². The van der Waals surface area contributed by atoms with Crippen LogP contribution in [0.4, 0.5) is 17.1 Å². The molecule has 1 aliphatic rings. The third kappa shape index (κ3) is 6.94. The van der Waals surface area contributed by atoms with Gasteiger partial charge in [0.25, 0.3) is 0 Å².